The lowest BCUT2D eigenvalue weighted by Crippen LogP contribution is -2.14. The van der Waals surface area contributed by atoms with Crippen molar-refractivity contribution in [1.29, 1.82) is 0 Å². The minimum atomic E-state index is 0.499. The molecule has 0 bridgehead atoms. The highest BCUT2D eigenvalue weighted by Crippen LogP contribution is 2.51. The van der Waals surface area contributed by atoms with Gasteiger partial charge in [-0.25, -0.2) is 9.97 Å². The largest absolute Gasteiger partial charge is 0.494 e. The summed E-state index contributed by atoms with van der Waals surface area (Å²) in [6.45, 7) is 8.03. The first-order chi connectivity index (χ1) is 30.7. The molecule has 328 valence electrons. The zero-order valence-electron chi connectivity index (χ0n) is 36.6. The van der Waals surface area contributed by atoms with Crippen LogP contribution in [0.3, 0.4) is 0 Å². The molecule has 3 aromatic heterocycles. The number of aromatic nitrogens is 2. The van der Waals surface area contributed by atoms with Gasteiger partial charge in [0.25, 0.3) is 0 Å². The molecular formula is C52H62N2O6S2. The lowest BCUT2D eigenvalue weighted by molar-refractivity contribution is 0.174. The second-order valence-corrected chi connectivity index (χ2v) is 18.1. The third kappa shape index (κ3) is 10.9. The lowest BCUT2D eigenvalue weighted by atomic mass is 10.00. The number of hydrogen-bond donors (Lipinski definition) is 0. The van der Waals surface area contributed by atoms with Crippen molar-refractivity contribution < 1.29 is 28.4 Å². The first kappa shape index (κ1) is 43.8. The Balaban J connectivity index is 1.11. The van der Waals surface area contributed by atoms with Gasteiger partial charge >= 0.3 is 0 Å². The van der Waals surface area contributed by atoms with Gasteiger partial charge in [0.15, 0.2) is 23.0 Å². The van der Waals surface area contributed by atoms with Crippen LogP contribution in [0.1, 0.15) is 117 Å². The smallest absolute Gasteiger partial charge is 0.180 e. The number of ether oxygens (including phenoxy) is 6. The molecule has 6 aromatic rings. The Kier molecular flexibility index (Phi) is 15.9. The van der Waals surface area contributed by atoms with Gasteiger partial charge in [0.05, 0.1) is 45.4 Å². The highest BCUT2D eigenvalue weighted by molar-refractivity contribution is 7.15. The standard InChI is InChI=1S/C52H62N2O6S2/c1-3-5-7-9-11-13-15-17-29-55-39-23-19-37(20-24-39)45-46(38-21-25-40(26-22-38)56-30-18-16-14-12-10-8-6-4-2)54-48-42(52-50-44(36-62-52)58-32-34-60-50)28-27-41(47(48)53-45)51-49-43(35-61-51)57-31-33-59-49/h19-28,35-36H,3-18,29-34H2,1-2H3. The fourth-order valence-corrected chi connectivity index (χ4v) is 10.2. The van der Waals surface area contributed by atoms with Crippen molar-refractivity contribution in [2.75, 3.05) is 39.6 Å². The summed E-state index contributed by atoms with van der Waals surface area (Å²) in [7, 11) is 0. The molecule has 0 saturated carbocycles. The van der Waals surface area contributed by atoms with Gasteiger partial charge in [-0.2, -0.15) is 0 Å². The van der Waals surface area contributed by atoms with Gasteiger partial charge in [-0.3, -0.25) is 0 Å². The Bertz CT molecular complexity index is 2160. The van der Waals surface area contributed by atoms with Crippen LogP contribution in [-0.2, 0) is 0 Å². The molecule has 0 unspecified atom stereocenters. The summed E-state index contributed by atoms with van der Waals surface area (Å²) in [6.07, 6.45) is 20.3. The average molecular weight is 875 g/mol. The molecule has 2 aliphatic rings. The van der Waals surface area contributed by atoms with E-state index in [0.717, 1.165) is 102 Å². The van der Waals surface area contributed by atoms with E-state index in [4.69, 9.17) is 38.4 Å². The molecule has 2 aliphatic heterocycles. The summed E-state index contributed by atoms with van der Waals surface area (Å²) in [6, 6.07) is 21.0. The minimum Gasteiger partial charge on any atom is -0.494 e. The van der Waals surface area contributed by atoms with Crippen molar-refractivity contribution in [3.05, 3.63) is 71.4 Å². The fraction of sp³-hybridized carbons (Fsp3) is 0.462. The molecule has 0 saturated heterocycles. The van der Waals surface area contributed by atoms with Crippen molar-refractivity contribution in [3.63, 3.8) is 0 Å². The van der Waals surface area contributed by atoms with Crippen LogP contribution in [0.4, 0.5) is 0 Å². The molecule has 10 heteroatoms. The Hall–Kier alpha value is -4.80. The third-order valence-electron chi connectivity index (χ3n) is 11.7. The van der Waals surface area contributed by atoms with E-state index in [9.17, 15) is 0 Å². The predicted octanol–water partition coefficient (Wildman–Crippen LogP) is 15.0. The van der Waals surface area contributed by atoms with Crippen molar-refractivity contribution in [2.24, 2.45) is 0 Å². The summed E-state index contributed by atoms with van der Waals surface area (Å²) in [5, 5.41) is 4.05. The van der Waals surface area contributed by atoms with Crippen LogP contribution in [0.25, 0.3) is 54.4 Å². The average Bonchev–Trinajstić information content (AvgIpc) is 3.95. The van der Waals surface area contributed by atoms with Crippen molar-refractivity contribution in [2.45, 2.75) is 117 Å². The molecule has 0 fully saturated rings. The topological polar surface area (TPSA) is 81.2 Å². The highest BCUT2D eigenvalue weighted by atomic mass is 32.1. The summed E-state index contributed by atoms with van der Waals surface area (Å²) < 4.78 is 36.9. The molecule has 0 atom stereocenters. The molecule has 8 nitrogen and oxygen atoms in total. The first-order valence-corrected chi connectivity index (χ1v) is 25.0. The lowest BCUT2D eigenvalue weighted by Gasteiger charge is -2.19. The Labute approximate surface area is 375 Å². The first-order valence-electron chi connectivity index (χ1n) is 23.3. The quantitative estimate of drug-likeness (QED) is 0.0556. The van der Waals surface area contributed by atoms with E-state index >= 15 is 0 Å². The minimum absolute atomic E-state index is 0.499. The molecule has 0 amide bonds. The van der Waals surface area contributed by atoms with Crippen molar-refractivity contribution in [1.82, 2.24) is 9.97 Å². The Morgan fingerprint density at radius 1 is 0.452 bits per heavy atom. The molecule has 8 rings (SSSR count). The summed E-state index contributed by atoms with van der Waals surface area (Å²) in [5.74, 6) is 4.77. The molecular weight excluding hydrogens is 813 g/mol. The Morgan fingerprint density at radius 3 is 1.23 bits per heavy atom. The zero-order valence-corrected chi connectivity index (χ0v) is 38.3. The molecule has 5 heterocycles. The van der Waals surface area contributed by atoms with Crippen LogP contribution in [0.2, 0.25) is 0 Å². The molecule has 0 aliphatic carbocycles. The third-order valence-corrected chi connectivity index (χ3v) is 13.6. The number of thiophene rings is 2. The summed E-state index contributed by atoms with van der Waals surface area (Å²) in [4.78, 5) is 13.1. The number of nitrogens with zero attached hydrogens (tertiary/aromatic N) is 2. The van der Waals surface area contributed by atoms with Crippen LogP contribution >= 0.6 is 22.7 Å². The van der Waals surface area contributed by atoms with Gasteiger partial charge < -0.3 is 28.4 Å². The van der Waals surface area contributed by atoms with E-state index in [-0.39, 0.29) is 0 Å². The maximum atomic E-state index is 6.24. The Morgan fingerprint density at radius 2 is 0.823 bits per heavy atom. The monoisotopic (exact) mass is 874 g/mol. The van der Waals surface area contributed by atoms with Crippen molar-refractivity contribution in [3.8, 4) is 77.9 Å². The van der Waals surface area contributed by atoms with Crippen LogP contribution in [0.15, 0.2) is 71.4 Å². The second kappa shape index (κ2) is 22.5. The van der Waals surface area contributed by atoms with Crippen molar-refractivity contribution >= 4 is 33.7 Å². The normalized spacial score (nSPS) is 13.1. The maximum Gasteiger partial charge on any atom is 0.180 e. The highest BCUT2D eigenvalue weighted by Gasteiger charge is 2.27. The number of hydrogen-bond acceptors (Lipinski definition) is 10. The molecule has 62 heavy (non-hydrogen) atoms. The molecule has 3 aromatic carbocycles. The zero-order chi connectivity index (χ0) is 42.4. The van der Waals surface area contributed by atoms with E-state index in [2.05, 4.69) is 74.5 Å². The van der Waals surface area contributed by atoms with Gasteiger partial charge in [-0.1, -0.05) is 116 Å². The molecule has 0 N–H and O–H groups in total. The summed E-state index contributed by atoms with van der Waals surface area (Å²) in [5.41, 5.74) is 6.92. The predicted molar refractivity (Wildman–Crippen MR) is 255 cm³/mol. The van der Waals surface area contributed by atoms with E-state index in [1.807, 2.05) is 10.8 Å². The molecule has 0 radical (unpaired) electrons. The van der Waals surface area contributed by atoms with Crippen LogP contribution in [-0.4, -0.2) is 49.6 Å². The van der Waals surface area contributed by atoms with Crippen LogP contribution in [0, 0.1) is 0 Å². The van der Waals surface area contributed by atoms with Gasteiger partial charge in [0.2, 0.25) is 0 Å². The summed E-state index contributed by atoms with van der Waals surface area (Å²) >= 11 is 3.21. The van der Waals surface area contributed by atoms with Gasteiger partial charge in [0, 0.05) is 33.0 Å². The van der Waals surface area contributed by atoms with Crippen LogP contribution < -0.4 is 28.4 Å². The number of benzene rings is 3. The van der Waals surface area contributed by atoms with E-state index in [1.165, 1.54) is 89.9 Å². The van der Waals surface area contributed by atoms with E-state index < -0.39 is 0 Å². The van der Waals surface area contributed by atoms with Gasteiger partial charge in [-0.15, -0.1) is 22.7 Å². The fourth-order valence-electron chi connectivity index (χ4n) is 8.27. The maximum absolute atomic E-state index is 6.24. The van der Waals surface area contributed by atoms with E-state index in [0.29, 0.717) is 39.6 Å². The number of rotatable bonds is 24. The number of fused-ring (bicyclic) bond motifs is 3. The van der Waals surface area contributed by atoms with Gasteiger partial charge in [0.1, 0.15) is 37.9 Å². The SMILES string of the molecule is CCCCCCCCCCOc1ccc(-c2nc3c(-c4scc5c4OCCO5)ccc(-c4scc5c4OCCO5)c3nc2-c2ccc(OCCCCCCCCCC)cc2)cc1. The molecule has 0 spiro atoms. The van der Waals surface area contributed by atoms with Crippen LogP contribution in [0.5, 0.6) is 34.5 Å². The van der Waals surface area contributed by atoms with E-state index in [1.54, 1.807) is 22.7 Å². The second-order valence-electron chi connectivity index (χ2n) is 16.4. The number of unbranched alkanes of at least 4 members (excludes halogenated alkanes) is 14. The van der Waals surface area contributed by atoms with Gasteiger partial charge in [-0.05, 0) is 61.4 Å².